The van der Waals surface area contributed by atoms with Gasteiger partial charge < -0.3 is 0 Å². The summed E-state index contributed by atoms with van der Waals surface area (Å²) in [5, 5.41) is 4.39. The molecule has 0 radical (unpaired) electrons. The largest absolute Gasteiger partial charge is 0.204 e. The van der Waals surface area contributed by atoms with Crippen molar-refractivity contribution in [3.8, 4) is 11.1 Å². The Kier molecular flexibility index (Phi) is 4.61. The molecule has 0 aromatic heterocycles. The van der Waals surface area contributed by atoms with Crippen molar-refractivity contribution < 1.29 is 13.2 Å². The number of fused-ring (bicyclic) bond motifs is 3. The lowest BCUT2D eigenvalue weighted by molar-refractivity contribution is 0.448. The Morgan fingerprint density at radius 3 is 1.96 bits per heavy atom. The first-order valence-corrected chi connectivity index (χ1v) is 9.17. The highest BCUT2D eigenvalue weighted by molar-refractivity contribution is 6.08. The van der Waals surface area contributed by atoms with Crippen molar-refractivity contribution in [1.29, 1.82) is 0 Å². The third kappa shape index (κ3) is 3.30. The van der Waals surface area contributed by atoms with E-state index in [0.717, 1.165) is 34.7 Å². The first-order valence-electron chi connectivity index (χ1n) is 9.17. The lowest BCUT2D eigenvalue weighted by atomic mass is 9.95. The average molecular weight is 364 g/mol. The number of aryl methyl sites for hydroxylation is 1. The van der Waals surface area contributed by atoms with Crippen LogP contribution in [0.1, 0.15) is 25.3 Å². The third-order valence-corrected chi connectivity index (χ3v) is 5.04. The molecular formula is C24H19F3. The minimum atomic E-state index is -1.44. The molecule has 3 heteroatoms. The van der Waals surface area contributed by atoms with Gasteiger partial charge in [0.15, 0.2) is 17.5 Å². The van der Waals surface area contributed by atoms with Crippen LogP contribution in [-0.4, -0.2) is 0 Å². The second kappa shape index (κ2) is 7.07. The van der Waals surface area contributed by atoms with Gasteiger partial charge in [-0.3, -0.25) is 0 Å². The number of hydrogen-bond acceptors (Lipinski definition) is 0. The van der Waals surface area contributed by atoms with Crippen LogP contribution in [0.15, 0.2) is 60.7 Å². The summed E-state index contributed by atoms with van der Waals surface area (Å²) in [5.74, 6) is -3.80. The minimum Gasteiger partial charge on any atom is -0.204 e. The quantitative estimate of drug-likeness (QED) is 0.261. The molecule has 27 heavy (non-hydrogen) atoms. The van der Waals surface area contributed by atoms with Gasteiger partial charge in [-0.1, -0.05) is 55.8 Å². The zero-order chi connectivity index (χ0) is 19.0. The van der Waals surface area contributed by atoms with E-state index in [1.54, 1.807) is 0 Å². The molecule has 0 aliphatic heterocycles. The zero-order valence-electron chi connectivity index (χ0n) is 15.0. The summed E-state index contributed by atoms with van der Waals surface area (Å²) >= 11 is 0. The van der Waals surface area contributed by atoms with E-state index in [-0.39, 0.29) is 0 Å². The van der Waals surface area contributed by atoms with E-state index in [1.165, 1.54) is 23.8 Å². The zero-order valence-corrected chi connectivity index (χ0v) is 15.0. The number of halogens is 3. The van der Waals surface area contributed by atoms with Gasteiger partial charge in [-0.25, -0.2) is 13.2 Å². The van der Waals surface area contributed by atoms with E-state index in [2.05, 4.69) is 31.2 Å². The van der Waals surface area contributed by atoms with Crippen LogP contribution >= 0.6 is 0 Å². The normalized spacial score (nSPS) is 11.4. The lowest BCUT2D eigenvalue weighted by Gasteiger charge is -2.09. The van der Waals surface area contributed by atoms with Crippen LogP contribution in [0.25, 0.3) is 32.7 Å². The van der Waals surface area contributed by atoms with Gasteiger partial charge in [0.2, 0.25) is 0 Å². The fourth-order valence-corrected chi connectivity index (χ4v) is 3.56. The van der Waals surface area contributed by atoms with Crippen molar-refractivity contribution in [2.24, 2.45) is 0 Å². The lowest BCUT2D eigenvalue weighted by Crippen LogP contribution is -1.92. The summed E-state index contributed by atoms with van der Waals surface area (Å²) in [6.45, 7) is 2.19. The van der Waals surface area contributed by atoms with Gasteiger partial charge in [0.05, 0.1) is 0 Å². The van der Waals surface area contributed by atoms with Crippen LogP contribution in [-0.2, 0) is 6.42 Å². The van der Waals surface area contributed by atoms with Gasteiger partial charge in [-0.15, -0.1) is 0 Å². The molecule has 0 N–H and O–H groups in total. The Hall–Kier alpha value is -2.81. The highest BCUT2D eigenvalue weighted by atomic mass is 19.2. The molecule has 136 valence electrons. The Morgan fingerprint density at radius 2 is 1.30 bits per heavy atom. The van der Waals surface area contributed by atoms with E-state index in [9.17, 15) is 13.2 Å². The van der Waals surface area contributed by atoms with Crippen LogP contribution in [0.4, 0.5) is 13.2 Å². The summed E-state index contributed by atoms with van der Waals surface area (Å²) in [6, 6.07) is 18.3. The minimum absolute atomic E-state index is 0.323. The highest BCUT2D eigenvalue weighted by Crippen LogP contribution is 2.31. The highest BCUT2D eigenvalue weighted by Gasteiger charge is 2.12. The maximum absolute atomic E-state index is 13.6. The van der Waals surface area contributed by atoms with Crippen LogP contribution in [0.5, 0.6) is 0 Å². The molecule has 0 aliphatic rings. The standard InChI is InChI=1S/C24H19F3/c1-2-3-4-15-5-9-20-17(11-15)6-7-18-12-16(8-10-21(18)20)19-13-22(25)24(27)23(26)14-19/h5-14H,2-4H2,1H3. The molecule has 0 nitrogen and oxygen atoms in total. The average Bonchev–Trinajstić information content (AvgIpc) is 2.69. The molecule has 0 saturated heterocycles. The molecular weight excluding hydrogens is 345 g/mol. The Balaban J connectivity index is 1.80. The second-order valence-corrected chi connectivity index (χ2v) is 6.91. The molecule has 0 bridgehead atoms. The molecule has 0 fully saturated rings. The maximum atomic E-state index is 13.6. The van der Waals surface area contributed by atoms with Crippen molar-refractivity contribution >= 4 is 21.5 Å². The summed E-state index contributed by atoms with van der Waals surface area (Å²) in [6.07, 6.45) is 3.42. The molecule has 0 atom stereocenters. The summed E-state index contributed by atoms with van der Waals surface area (Å²) in [4.78, 5) is 0. The van der Waals surface area contributed by atoms with Gasteiger partial charge in [-0.2, -0.15) is 0 Å². The van der Waals surface area contributed by atoms with Crippen molar-refractivity contribution in [1.82, 2.24) is 0 Å². The maximum Gasteiger partial charge on any atom is 0.194 e. The van der Waals surface area contributed by atoms with Crippen molar-refractivity contribution in [3.05, 3.63) is 83.7 Å². The monoisotopic (exact) mass is 364 g/mol. The molecule has 4 aromatic carbocycles. The van der Waals surface area contributed by atoms with E-state index in [4.69, 9.17) is 0 Å². The second-order valence-electron chi connectivity index (χ2n) is 6.91. The van der Waals surface area contributed by atoms with E-state index in [1.807, 2.05) is 24.3 Å². The third-order valence-electron chi connectivity index (χ3n) is 5.04. The van der Waals surface area contributed by atoms with Gasteiger partial charge in [0.1, 0.15) is 0 Å². The summed E-state index contributed by atoms with van der Waals surface area (Å²) in [5.41, 5.74) is 2.31. The van der Waals surface area contributed by atoms with Crippen molar-refractivity contribution in [2.75, 3.05) is 0 Å². The smallest absolute Gasteiger partial charge is 0.194 e. The molecule has 4 rings (SSSR count). The number of unbranched alkanes of at least 4 members (excludes halogenated alkanes) is 1. The van der Waals surface area contributed by atoms with Crippen LogP contribution < -0.4 is 0 Å². The van der Waals surface area contributed by atoms with Crippen LogP contribution in [0.3, 0.4) is 0 Å². The van der Waals surface area contributed by atoms with Gasteiger partial charge in [0, 0.05) is 0 Å². The van der Waals surface area contributed by atoms with Crippen LogP contribution in [0.2, 0.25) is 0 Å². The van der Waals surface area contributed by atoms with Gasteiger partial charge >= 0.3 is 0 Å². The fraction of sp³-hybridized carbons (Fsp3) is 0.167. The molecule has 0 amide bonds. The molecule has 0 unspecified atom stereocenters. The fourth-order valence-electron chi connectivity index (χ4n) is 3.56. The molecule has 4 aromatic rings. The van der Waals surface area contributed by atoms with Gasteiger partial charge in [-0.05, 0) is 69.3 Å². The molecule has 0 saturated carbocycles. The Labute approximate surface area is 156 Å². The van der Waals surface area contributed by atoms with E-state index >= 15 is 0 Å². The molecule has 0 heterocycles. The summed E-state index contributed by atoms with van der Waals surface area (Å²) in [7, 11) is 0. The number of benzene rings is 4. The molecule has 0 aliphatic carbocycles. The van der Waals surface area contributed by atoms with Crippen molar-refractivity contribution in [3.63, 3.8) is 0 Å². The first-order chi connectivity index (χ1) is 13.1. The first kappa shape index (κ1) is 17.6. The Bertz CT molecular complexity index is 1120. The number of hydrogen-bond donors (Lipinski definition) is 0. The predicted molar refractivity (Wildman–Crippen MR) is 105 cm³/mol. The topological polar surface area (TPSA) is 0 Å². The van der Waals surface area contributed by atoms with Crippen LogP contribution in [0, 0.1) is 17.5 Å². The SMILES string of the molecule is CCCCc1ccc2c(ccc3cc(-c4cc(F)c(F)c(F)c4)ccc32)c1. The summed E-state index contributed by atoms with van der Waals surface area (Å²) < 4.78 is 40.3. The van der Waals surface area contributed by atoms with Gasteiger partial charge in [0.25, 0.3) is 0 Å². The Morgan fingerprint density at radius 1 is 0.667 bits per heavy atom. The number of rotatable bonds is 4. The van der Waals surface area contributed by atoms with E-state index in [0.29, 0.717) is 11.1 Å². The molecule has 0 spiro atoms. The predicted octanol–water partition coefficient (Wildman–Crippen LogP) is 7.42. The van der Waals surface area contributed by atoms with E-state index < -0.39 is 17.5 Å². The van der Waals surface area contributed by atoms with Crippen molar-refractivity contribution in [2.45, 2.75) is 26.2 Å².